The minimum atomic E-state index is -0.334. The van der Waals surface area contributed by atoms with Gasteiger partial charge in [-0.05, 0) is 24.1 Å². The number of benzene rings is 1. The molecule has 0 bridgehead atoms. The van der Waals surface area contributed by atoms with Crippen molar-refractivity contribution in [1.82, 2.24) is 14.8 Å². The first-order valence-electron chi connectivity index (χ1n) is 6.66. The van der Waals surface area contributed by atoms with Crippen LogP contribution in [0.5, 0.6) is 0 Å². The van der Waals surface area contributed by atoms with Crippen molar-refractivity contribution in [2.24, 2.45) is 5.73 Å². The molecule has 1 aromatic carbocycles. The molecule has 2 heterocycles. The number of methoxy groups -OCH3 is 1. The van der Waals surface area contributed by atoms with Crippen molar-refractivity contribution in [2.75, 3.05) is 7.11 Å². The molecular formula is C14H17FN4O. The second-order valence-electron chi connectivity index (χ2n) is 4.94. The van der Waals surface area contributed by atoms with Crippen LogP contribution in [0.15, 0.2) is 18.2 Å². The molecule has 2 aromatic rings. The third-order valence-corrected chi connectivity index (χ3v) is 3.66. The van der Waals surface area contributed by atoms with E-state index in [2.05, 4.69) is 10.1 Å². The van der Waals surface area contributed by atoms with Gasteiger partial charge >= 0.3 is 0 Å². The van der Waals surface area contributed by atoms with E-state index in [1.165, 1.54) is 6.07 Å². The number of nitrogens with zero attached hydrogens (tertiary/aromatic N) is 3. The molecule has 0 saturated heterocycles. The van der Waals surface area contributed by atoms with Gasteiger partial charge in [0.15, 0.2) is 5.82 Å². The van der Waals surface area contributed by atoms with Crippen LogP contribution in [0.4, 0.5) is 4.39 Å². The third-order valence-electron chi connectivity index (χ3n) is 3.66. The number of nitrogens with two attached hydrogens (primary N) is 1. The highest BCUT2D eigenvalue weighted by Crippen LogP contribution is 2.23. The van der Waals surface area contributed by atoms with E-state index in [0.717, 1.165) is 24.4 Å². The lowest BCUT2D eigenvalue weighted by atomic mass is 10.1. The average Bonchev–Trinajstić information content (AvgIpc) is 2.89. The minimum Gasteiger partial charge on any atom is -0.381 e. The van der Waals surface area contributed by atoms with E-state index in [0.29, 0.717) is 24.4 Å². The summed E-state index contributed by atoms with van der Waals surface area (Å²) in [6.07, 6.45) is 1.79. The number of hydrogen-bond acceptors (Lipinski definition) is 4. The third kappa shape index (κ3) is 2.32. The summed E-state index contributed by atoms with van der Waals surface area (Å²) in [5.74, 6) is 0.942. The van der Waals surface area contributed by atoms with E-state index < -0.39 is 0 Å². The Kier molecular flexibility index (Phi) is 3.50. The number of halogens is 1. The van der Waals surface area contributed by atoms with Crippen molar-refractivity contribution < 1.29 is 9.13 Å². The van der Waals surface area contributed by atoms with E-state index in [4.69, 9.17) is 10.5 Å². The summed E-state index contributed by atoms with van der Waals surface area (Å²) >= 11 is 0. The maximum absolute atomic E-state index is 14.1. The van der Waals surface area contributed by atoms with Gasteiger partial charge in [-0.3, -0.25) is 0 Å². The Morgan fingerprint density at radius 3 is 3.05 bits per heavy atom. The average molecular weight is 276 g/mol. The van der Waals surface area contributed by atoms with Crippen molar-refractivity contribution in [2.45, 2.75) is 32.0 Å². The van der Waals surface area contributed by atoms with Crippen LogP contribution in [0.3, 0.4) is 0 Å². The molecule has 1 unspecified atom stereocenters. The zero-order valence-corrected chi connectivity index (χ0v) is 11.3. The Morgan fingerprint density at radius 2 is 2.35 bits per heavy atom. The molecule has 3 rings (SSSR count). The molecule has 2 N–H and O–H groups in total. The van der Waals surface area contributed by atoms with Crippen molar-refractivity contribution in [3.05, 3.63) is 35.4 Å². The summed E-state index contributed by atoms with van der Waals surface area (Å²) in [4.78, 5) is 4.44. The highest BCUT2D eigenvalue weighted by molar-refractivity contribution is 5.56. The molecule has 1 aromatic heterocycles. The molecule has 6 heteroatoms. The Morgan fingerprint density at radius 1 is 1.50 bits per heavy atom. The quantitative estimate of drug-likeness (QED) is 0.922. The number of ether oxygens (including phenoxy) is 1. The summed E-state index contributed by atoms with van der Waals surface area (Å²) in [5, 5.41) is 4.38. The summed E-state index contributed by atoms with van der Waals surface area (Å²) in [7, 11) is 1.70. The maximum atomic E-state index is 14.1. The van der Waals surface area contributed by atoms with Crippen molar-refractivity contribution in [3.63, 3.8) is 0 Å². The van der Waals surface area contributed by atoms with Crippen molar-refractivity contribution >= 4 is 0 Å². The van der Waals surface area contributed by atoms with E-state index in [1.54, 1.807) is 19.2 Å². The van der Waals surface area contributed by atoms with Gasteiger partial charge in [0.2, 0.25) is 0 Å². The van der Waals surface area contributed by atoms with E-state index in [-0.39, 0.29) is 11.9 Å². The first kappa shape index (κ1) is 13.2. The van der Waals surface area contributed by atoms with Gasteiger partial charge in [-0.25, -0.2) is 14.1 Å². The Balaban J connectivity index is 1.94. The monoisotopic (exact) mass is 276 g/mol. The second kappa shape index (κ2) is 5.30. The second-order valence-corrected chi connectivity index (χ2v) is 4.94. The molecule has 0 saturated carbocycles. The molecular weight excluding hydrogens is 259 g/mol. The van der Waals surface area contributed by atoms with Gasteiger partial charge in [0.25, 0.3) is 0 Å². The van der Waals surface area contributed by atoms with Gasteiger partial charge in [-0.2, -0.15) is 5.10 Å². The number of hydrogen-bond donors (Lipinski definition) is 1. The van der Waals surface area contributed by atoms with Crippen LogP contribution in [-0.2, 0) is 24.2 Å². The van der Waals surface area contributed by atoms with E-state index >= 15 is 0 Å². The van der Waals surface area contributed by atoms with Crippen LogP contribution in [0.2, 0.25) is 0 Å². The molecule has 20 heavy (non-hydrogen) atoms. The zero-order valence-electron chi connectivity index (χ0n) is 11.3. The normalized spacial score (nSPS) is 18.1. The van der Waals surface area contributed by atoms with Crippen molar-refractivity contribution in [3.8, 4) is 11.4 Å². The molecule has 0 spiro atoms. The highest BCUT2D eigenvalue weighted by atomic mass is 19.1. The summed E-state index contributed by atoms with van der Waals surface area (Å²) in [6.45, 7) is 1.07. The number of rotatable bonds is 3. The Bertz CT molecular complexity index is 626. The molecule has 1 atom stereocenters. The molecule has 0 aliphatic carbocycles. The highest BCUT2D eigenvalue weighted by Gasteiger charge is 2.22. The van der Waals surface area contributed by atoms with Gasteiger partial charge in [0, 0.05) is 26.6 Å². The van der Waals surface area contributed by atoms with Gasteiger partial charge in [-0.15, -0.1) is 0 Å². The molecule has 0 fully saturated rings. The van der Waals surface area contributed by atoms with Crippen LogP contribution in [0, 0.1) is 5.82 Å². The topological polar surface area (TPSA) is 66.0 Å². The lowest BCUT2D eigenvalue weighted by molar-refractivity contribution is 0.0776. The predicted molar refractivity (Wildman–Crippen MR) is 72.4 cm³/mol. The standard InChI is InChI=1S/C14H17FN4O/c1-20-10-4-5-19-13(7-10)17-14(18-19)11-3-2-9(8-16)6-12(11)15/h2-3,6,10H,4-5,7-8,16H2,1H3. The Hall–Kier alpha value is -1.79. The van der Waals surface area contributed by atoms with Crippen LogP contribution >= 0.6 is 0 Å². The van der Waals surface area contributed by atoms with Crippen LogP contribution in [0.1, 0.15) is 17.8 Å². The fraction of sp³-hybridized carbons (Fsp3) is 0.429. The molecule has 1 aliphatic heterocycles. The van der Waals surface area contributed by atoms with Gasteiger partial charge in [0.1, 0.15) is 11.6 Å². The van der Waals surface area contributed by atoms with E-state index in [1.807, 2.05) is 4.68 Å². The van der Waals surface area contributed by atoms with E-state index in [9.17, 15) is 4.39 Å². The molecule has 5 nitrogen and oxygen atoms in total. The van der Waals surface area contributed by atoms with Crippen LogP contribution < -0.4 is 5.73 Å². The smallest absolute Gasteiger partial charge is 0.184 e. The zero-order chi connectivity index (χ0) is 14.1. The first-order valence-corrected chi connectivity index (χ1v) is 6.66. The lowest BCUT2D eigenvalue weighted by Gasteiger charge is -2.20. The van der Waals surface area contributed by atoms with Crippen LogP contribution in [-0.4, -0.2) is 28.0 Å². The molecule has 1 aliphatic rings. The predicted octanol–water partition coefficient (Wildman–Crippen LogP) is 1.50. The van der Waals surface area contributed by atoms with Gasteiger partial charge in [0.05, 0.1) is 11.7 Å². The van der Waals surface area contributed by atoms with Crippen molar-refractivity contribution in [1.29, 1.82) is 0 Å². The number of aryl methyl sites for hydroxylation is 1. The van der Waals surface area contributed by atoms with Crippen LogP contribution in [0.25, 0.3) is 11.4 Å². The molecule has 0 amide bonds. The maximum Gasteiger partial charge on any atom is 0.184 e. The fourth-order valence-electron chi connectivity index (χ4n) is 2.46. The summed E-state index contributed by atoms with van der Waals surface area (Å²) in [5.41, 5.74) is 6.68. The number of aromatic nitrogens is 3. The molecule has 0 radical (unpaired) electrons. The summed E-state index contributed by atoms with van der Waals surface area (Å²) < 4.78 is 21.2. The largest absolute Gasteiger partial charge is 0.381 e. The SMILES string of the molecule is COC1CCn2nc(-c3ccc(CN)cc3F)nc2C1. The minimum absolute atomic E-state index is 0.170. The van der Waals surface area contributed by atoms with Gasteiger partial charge in [-0.1, -0.05) is 6.07 Å². The van der Waals surface area contributed by atoms with Gasteiger partial charge < -0.3 is 10.5 Å². The Labute approximate surface area is 116 Å². The fourth-order valence-corrected chi connectivity index (χ4v) is 2.46. The first-order chi connectivity index (χ1) is 9.71. The number of fused-ring (bicyclic) bond motifs is 1. The lowest BCUT2D eigenvalue weighted by Crippen LogP contribution is -2.25. The summed E-state index contributed by atoms with van der Waals surface area (Å²) in [6, 6.07) is 4.93. The molecule has 106 valence electrons.